The van der Waals surface area contributed by atoms with E-state index in [2.05, 4.69) is 74.1 Å². The number of benzene rings is 1. The van der Waals surface area contributed by atoms with Crippen molar-refractivity contribution in [3.63, 3.8) is 0 Å². The number of hydrogen-bond acceptors (Lipinski definition) is 25. The lowest BCUT2D eigenvalue weighted by Crippen LogP contribution is -2.59. The molecule has 0 unspecified atom stereocenters. The van der Waals surface area contributed by atoms with Crippen molar-refractivity contribution in [2.24, 2.45) is 34.0 Å². The van der Waals surface area contributed by atoms with E-state index in [9.17, 15) is 153 Å². The summed E-state index contributed by atoms with van der Waals surface area (Å²) in [6.45, 7) is 3.35. The third-order valence-electron chi connectivity index (χ3n) is 15.3. The molecule has 49 nitrogen and oxygen atoms in total. The summed E-state index contributed by atoms with van der Waals surface area (Å²) >= 11 is 0. The van der Waals surface area contributed by atoms with E-state index in [0.29, 0.717) is 5.56 Å². The number of aliphatic hydroxyl groups is 1. The molecule has 1 aromatic carbocycles. The van der Waals surface area contributed by atoms with Gasteiger partial charge in [-0.2, -0.15) is 26.3 Å². The number of hydrogen-bond donors (Lipinski definition) is 26. The Morgan fingerprint density at radius 3 is 1.16 bits per heavy atom. The third kappa shape index (κ3) is 49.5. The summed E-state index contributed by atoms with van der Waals surface area (Å²) in [6, 6.07) is -9.82. The van der Waals surface area contributed by atoms with Crippen LogP contribution in [0.2, 0.25) is 0 Å². The minimum atomic E-state index is -5.08. The Morgan fingerprint density at radius 2 is 0.754 bits per heavy atom. The molecule has 0 saturated heterocycles. The predicted octanol–water partition coefficient (Wildman–Crippen LogP) is -9.20. The third-order valence-corrected chi connectivity index (χ3v) is 15.3. The number of aliphatic imine (C=N–C) groups is 1. The zero-order chi connectivity index (χ0) is 94.2. The molecule has 122 heavy (non-hydrogen) atoms. The van der Waals surface area contributed by atoms with Gasteiger partial charge in [0.05, 0.1) is 58.2 Å². The van der Waals surface area contributed by atoms with E-state index >= 15 is 0 Å². The van der Waals surface area contributed by atoms with Crippen LogP contribution in [0.15, 0.2) is 35.3 Å². The van der Waals surface area contributed by atoms with Gasteiger partial charge in [-0.15, -0.1) is 0 Å². The molecule has 55 heteroatoms. The van der Waals surface area contributed by atoms with Crippen molar-refractivity contribution in [1.82, 2.24) is 79.8 Å². The zero-order valence-corrected chi connectivity index (χ0v) is 65.9. The first-order chi connectivity index (χ1) is 56.4. The molecular weight excluding hydrogens is 1660 g/mol. The molecule has 0 bridgehead atoms. The molecule has 0 radical (unpaired) electrons. The fourth-order valence-electron chi connectivity index (χ4n) is 9.22. The van der Waals surface area contributed by atoms with Gasteiger partial charge >= 0.3 is 54.1 Å². The number of alkyl halides is 6. The van der Waals surface area contributed by atoms with Crippen LogP contribution in [-0.2, 0) is 112 Å². The minimum absolute atomic E-state index is 0.0559. The Bertz CT molecular complexity index is 3850. The van der Waals surface area contributed by atoms with Gasteiger partial charge in [0.1, 0.15) is 60.4 Å². The summed E-state index contributed by atoms with van der Waals surface area (Å²) < 4.78 is 63.5. The minimum Gasteiger partial charge on any atom is -0.481 e. The second-order valence-electron chi connectivity index (χ2n) is 26.6. The number of halogens is 6. The van der Waals surface area contributed by atoms with Crippen LogP contribution in [0.5, 0.6) is 0 Å². The number of rotatable bonds is 51. The first-order valence-electron chi connectivity index (χ1n) is 36.0. The number of carboxylic acids is 7. The lowest BCUT2D eigenvalue weighted by Gasteiger charge is -2.27. The summed E-state index contributed by atoms with van der Waals surface area (Å²) in [6.07, 6.45) is -15.3. The fraction of sp³-hybridized carbons (Fsp3) is 0.567. The van der Waals surface area contributed by atoms with Gasteiger partial charge in [0.2, 0.25) is 88.6 Å². The van der Waals surface area contributed by atoms with Crippen molar-refractivity contribution >= 4 is 136 Å². The molecule has 0 aliphatic rings. The summed E-state index contributed by atoms with van der Waals surface area (Å²) in [5, 5.41) is 105. The van der Waals surface area contributed by atoms with Gasteiger partial charge in [0.15, 0.2) is 5.96 Å². The average Bonchev–Trinajstić information content (AvgIpc) is 0.849. The number of carbonyl (C=O) groups is 22. The number of carboxylic acid groups (broad SMARTS) is 7. The van der Waals surface area contributed by atoms with Gasteiger partial charge in [0, 0.05) is 25.8 Å². The van der Waals surface area contributed by atoms with Crippen LogP contribution in [0, 0.1) is 11.8 Å². The lowest BCUT2D eigenvalue weighted by molar-refractivity contribution is -0.193. The van der Waals surface area contributed by atoms with Crippen LogP contribution in [0.1, 0.15) is 105 Å². The van der Waals surface area contributed by atoms with Gasteiger partial charge in [-0.3, -0.25) is 96.1 Å². The van der Waals surface area contributed by atoms with Gasteiger partial charge in [0.25, 0.3) is 0 Å². The number of guanidine groups is 1. The van der Waals surface area contributed by atoms with Gasteiger partial charge in [-0.25, -0.2) is 14.4 Å². The van der Waals surface area contributed by atoms with Crippen LogP contribution in [0.4, 0.5) is 26.3 Å². The second-order valence-corrected chi connectivity index (χ2v) is 26.6. The normalized spacial score (nSPS) is 13.5. The number of nitrogens with one attached hydrogen (secondary N) is 15. The van der Waals surface area contributed by atoms with Gasteiger partial charge in [-0.05, 0) is 63.4 Å². The van der Waals surface area contributed by atoms with Gasteiger partial charge < -0.3 is 138 Å². The van der Waals surface area contributed by atoms with E-state index in [1.807, 2.05) is 10.6 Å². The maximum atomic E-state index is 14.3. The van der Waals surface area contributed by atoms with E-state index in [1.165, 1.54) is 19.1 Å². The Balaban J connectivity index is 0. The molecule has 1 aromatic rings. The predicted molar refractivity (Wildman–Crippen MR) is 398 cm³/mol. The highest BCUT2D eigenvalue weighted by atomic mass is 19.4. The monoisotopic (exact) mass is 1760 g/mol. The summed E-state index contributed by atoms with van der Waals surface area (Å²) in [5.41, 5.74) is 16.4. The second kappa shape index (κ2) is 55.9. The molecule has 1 rings (SSSR count). The van der Waals surface area contributed by atoms with Crippen molar-refractivity contribution in [3.05, 3.63) is 35.9 Å². The standard InChI is InChI=1S/C63H97N19O26.2C2HF3O2/c1-29(2)19-37(57(102)73-32(6)53(98)76-35(15-17-48(91)92)55(100)70-24-43(85)68-23-42(84)69-25-46(88)82-51(30(3)4)61(106)77-36(62(107)108)13-10-18-67-63(65)66)79-58(103)38(20-33-11-8-7-9-12-33)80-59(104)39(21-49(93)94)75-45(87)27-71-54(99)34(14-16-47(89)90)74-44(86)26-72-56(101)41(28-83)81-60(105)40(22-50(95)96)78-52(97)31(5)64;2*3-2(4,5)1(6)7/h7-9,11-12,29-32,34-41,51,83H,10,13-28,64H2,1-6H3,(H,68,85)(H,69,84)(H,70,100)(H,71,99)(H,72,101)(H,73,102)(H,74,86)(H,75,87)(H,76,98)(H,77,106)(H,78,97)(H,79,103)(H,80,104)(H,81,105)(H,82,88)(H,89,90)(H,91,92)(H,93,94)(H,95,96)(H,107,108)(H4,65,66,67);2*(H,6,7)/t31-,32-,34-,35-,36-,37-,38-,39-,40-,41-,51-;;/m0../s1. The van der Waals surface area contributed by atoms with E-state index in [4.69, 9.17) is 37.0 Å². The molecule has 0 aromatic heterocycles. The maximum absolute atomic E-state index is 14.3. The molecule has 0 aliphatic heterocycles. The van der Waals surface area contributed by atoms with E-state index in [-0.39, 0.29) is 44.1 Å². The van der Waals surface area contributed by atoms with Crippen LogP contribution < -0.4 is 97.0 Å². The Morgan fingerprint density at radius 1 is 0.393 bits per heavy atom. The van der Waals surface area contributed by atoms with E-state index in [1.54, 1.807) is 45.9 Å². The largest absolute Gasteiger partial charge is 0.490 e. The molecule has 0 fully saturated rings. The quantitative estimate of drug-likeness (QED) is 0.0125. The Kier molecular flexibility index (Phi) is 50.6. The Labute approximate surface area is 687 Å². The summed E-state index contributed by atoms with van der Waals surface area (Å²) in [5.74, 6) is -30.4. The smallest absolute Gasteiger partial charge is 0.481 e. The van der Waals surface area contributed by atoms with Crippen molar-refractivity contribution in [3.8, 4) is 0 Å². The Hall–Kier alpha value is -13.7. The first kappa shape index (κ1) is 110. The number of aliphatic hydroxyl groups excluding tert-OH is 1. The molecule has 0 spiro atoms. The molecule has 0 saturated carbocycles. The number of nitrogens with zero attached hydrogens (tertiary/aromatic N) is 1. The molecule has 0 heterocycles. The van der Waals surface area contributed by atoms with Crippen molar-refractivity contribution < 1.29 is 173 Å². The van der Waals surface area contributed by atoms with E-state index in [0.717, 1.165) is 6.92 Å². The van der Waals surface area contributed by atoms with Crippen molar-refractivity contribution in [1.29, 1.82) is 0 Å². The van der Waals surface area contributed by atoms with Gasteiger partial charge in [-0.1, -0.05) is 58.0 Å². The van der Waals surface area contributed by atoms with Crippen LogP contribution in [0.25, 0.3) is 0 Å². The zero-order valence-electron chi connectivity index (χ0n) is 65.9. The van der Waals surface area contributed by atoms with E-state index < -0.39 is 293 Å². The van der Waals surface area contributed by atoms with Crippen molar-refractivity contribution in [2.75, 3.05) is 45.9 Å². The fourth-order valence-corrected chi connectivity index (χ4v) is 9.22. The number of carbonyl (C=O) groups excluding carboxylic acids is 15. The highest BCUT2D eigenvalue weighted by molar-refractivity contribution is 6.00. The highest BCUT2D eigenvalue weighted by Crippen LogP contribution is 2.15. The topological polar surface area (TPSA) is 808 Å². The van der Waals surface area contributed by atoms with Crippen molar-refractivity contribution in [2.45, 2.75) is 185 Å². The SMILES string of the molecule is CC(C)C[C@H](NC(=O)[C@H](Cc1ccccc1)NC(=O)[C@H](CC(=O)O)NC(=O)CNC(=O)[C@H](CCC(=O)O)NC(=O)CNC(=O)[C@H](CO)NC(=O)[C@H](CC(=O)O)NC(=O)[C@H](C)N)C(=O)N[C@@H](C)C(=O)N[C@@H](CCC(=O)O)C(=O)NCC(=O)NCC(=O)NCC(=O)N[C@H](C(=O)N[C@@H](CCCN=C(N)N)C(=O)O)C(C)C.O=C(O)C(F)(F)F.O=C(O)C(F)(F)F. The molecule has 0 aliphatic carbocycles. The molecule has 11 atom stereocenters. The summed E-state index contributed by atoms with van der Waals surface area (Å²) in [4.78, 5) is 278. The average molecular weight is 1760 g/mol. The van der Waals surface area contributed by atoms with Crippen LogP contribution >= 0.6 is 0 Å². The molecule has 684 valence electrons. The maximum Gasteiger partial charge on any atom is 0.490 e. The molecule has 29 N–H and O–H groups in total. The highest BCUT2D eigenvalue weighted by Gasteiger charge is 2.40. The number of aliphatic carboxylic acids is 7. The number of amides is 15. The molecule has 15 amide bonds. The first-order valence-corrected chi connectivity index (χ1v) is 36.0. The molecular formula is C67H99F6N19O30. The number of nitrogens with two attached hydrogens (primary N) is 3. The van der Waals surface area contributed by atoms with Crippen LogP contribution in [0.3, 0.4) is 0 Å². The lowest BCUT2D eigenvalue weighted by atomic mass is 10.0. The van der Waals surface area contributed by atoms with Crippen LogP contribution in [-0.4, -0.2) is 302 Å². The summed E-state index contributed by atoms with van der Waals surface area (Å²) in [7, 11) is 0.